The molecule has 5 rings (SSSR count). The van der Waals surface area contributed by atoms with E-state index in [1.54, 1.807) is 19.2 Å². The highest BCUT2D eigenvalue weighted by atomic mass is 19.1. The van der Waals surface area contributed by atoms with E-state index in [1.165, 1.54) is 60.6 Å². The molecule has 1 saturated carbocycles. The molecule has 0 radical (unpaired) electrons. The summed E-state index contributed by atoms with van der Waals surface area (Å²) in [4.78, 5) is 5.27. The SMILES string of the molecule is COc1ccc(F)cc1C(C)Cn1c(C2CCCCC2)nc2c3c(ccc21)CCNC3. The molecular weight excluding hydrogens is 389 g/mol. The largest absolute Gasteiger partial charge is 0.496 e. The zero-order chi connectivity index (χ0) is 21.4. The van der Waals surface area contributed by atoms with Crippen LogP contribution in [0.25, 0.3) is 11.0 Å². The van der Waals surface area contributed by atoms with Crippen molar-refractivity contribution >= 4 is 11.0 Å². The van der Waals surface area contributed by atoms with Crippen molar-refractivity contribution in [3.8, 4) is 5.75 Å². The molecule has 4 nitrogen and oxygen atoms in total. The van der Waals surface area contributed by atoms with E-state index in [-0.39, 0.29) is 11.7 Å². The zero-order valence-corrected chi connectivity index (χ0v) is 18.6. The van der Waals surface area contributed by atoms with Crippen molar-refractivity contribution in [2.24, 2.45) is 0 Å². The molecule has 2 aromatic carbocycles. The molecule has 0 spiro atoms. The van der Waals surface area contributed by atoms with Crippen LogP contribution >= 0.6 is 0 Å². The second kappa shape index (κ2) is 8.62. The lowest BCUT2D eigenvalue weighted by molar-refractivity contribution is 0.396. The predicted octanol–water partition coefficient (Wildman–Crippen LogP) is 5.68. The Morgan fingerprint density at radius 1 is 1.19 bits per heavy atom. The number of ether oxygens (including phenoxy) is 1. The molecule has 5 heteroatoms. The van der Waals surface area contributed by atoms with Crippen LogP contribution in [0.1, 0.15) is 73.4 Å². The molecule has 2 aliphatic rings. The van der Waals surface area contributed by atoms with Gasteiger partial charge in [0.15, 0.2) is 0 Å². The first-order valence-corrected chi connectivity index (χ1v) is 11.7. The van der Waals surface area contributed by atoms with Gasteiger partial charge in [0, 0.05) is 30.5 Å². The number of fused-ring (bicyclic) bond motifs is 3. The summed E-state index contributed by atoms with van der Waals surface area (Å²) >= 11 is 0. The van der Waals surface area contributed by atoms with Gasteiger partial charge in [-0.3, -0.25) is 0 Å². The van der Waals surface area contributed by atoms with E-state index < -0.39 is 0 Å². The van der Waals surface area contributed by atoms with Gasteiger partial charge in [0.05, 0.1) is 18.1 Å². The van der Waals surface area contributed by atoms with E-state index in [0.29, 0.717) is 5.92 Å². The maximum absolute atomic E-state index is 14.1. The average molecular weight is 422 g/mol. The van der Waals surface area contributed by atoms with Gasteiger partial charge in [0.1, 0.15) is 17.4 Å². The molecule has 31 heavy (non-hydrogen) atoms. The smallest absolute Gasteiger partial charge is 0.123 e. The monoisotopic (exact) mass is 421 g/mol. The van der Waals surface area contributed by atoms with E-state index in [1.807, 2.05) is 0 Å². The van der Waals surface area contributed by atoms with Crippen LogP contribution in [0.3, 0.4) is 0 Å². The lowest BCUT2D eigenvalue weighted by atomic mass is 9.88. The number of imidazole rings is 1. The summed E-state index contributed by atoms with van der Waals surface area (Å²) in [6, 6.07) is 9.36. The fourth-order valence-corrected chi connectivity index (χ4v) is 5.50. The van der Waals surface area contributed by atoms with Crippen molar-refractivity contribution < 1.29 is 9.13 Å². The van der Waals surface area contributed by atoms with E-state index in [2.05, 4.69) is 28.9 Å². The van der Waals surface area contributed by atoms with Crippen LogP contribution in [0, 0.1) is 5.82 Å². The summed E-state index contributed by atoms with van der Waals surface area (Å²) in [6.07, 6.45) is 7.37. The Kier molecular flexibility index (Phi) is 5.70. The number of nitrogens with one attached hydrogen (secondary N) is 1. The standard InChI is InChI=1S/C26H32FN3O/c1-17(21-14-20(27)9-11-24(21)31-2)16-30-23-10-8-18-12-13-28-15-22(18)25(23)29-26(30)19-6-4-3-5-7-19/h8-11,14,17,19,28H,3-7,12-13,15-16H2,1-2H3. The van der Waals surface area contributed by atoms with Gasteiger partial charge in [-0.25, -0.2) is 9.37 Å². The minimum Gasteiger partial charge on any atom is -0.496 e. The zero-order valence-electron chi connectivity index (χ0n) is 18.6. The van der Waals surface area contributed by atoms with Crippen molar-refractivity contribution in [1.29, 1.82) is 0 Å². The molecule has 1 aliphatic carbocycles. The number of aromatic nitrogens is 2. The van der Waals surface area contributed by atoms with Crippen LogP contribution < -0.4 is 10.1 Å². The fourth-order valence-electron chi connectivity index (χ4n) is 5.50. The predicted molar refractivity (Wildman–Crippen MR) is 122 cm³/mol. The fraction of sp³-hybridized carbons (Fsp3) is 0.500. The third kappa shape index (κ3) is 3.84. The topological polar surface area (TPSA) is 39.1 Å². The Labute approximate surface area is 183 Å². The Morgan fingerprint density at radius 3 is 2.84 bits per heavy atom. The highest BCUT2D eigenvalue weighted by Gasteiger charge is 2.26. The number of nitrogens with zero attached hydrogens (tertiary/aromatic N) is 2. The number of methoxy groups -OCH3 is 1. The van der Waals surface area contributed by atoms with Crippen molar-refractivity contribution in [2.75, 3.05) is 13.7 Å². The maximum atomic E-state index is 14.1. The molecular formula is C26H32FN3O. The summed E-state index contributed by atoms with van der Waals surface area (Å²) in [5.41, 5.74) is 6.06. The second-order valence-electron chi connectivity index (χ2n) is 9.20. The van der Waals surface area contributed by atoms with Gasteiger partial charge < -0.3 is 14.6 Å². The van der Waals surface area contributed by atoms with Gasteiger partial charge in [-0.1, -0.05) is 32.3 Å². The number of halogens is 1. The molecule has 164 valence electrons. The van der Waals surface area contributed by atoms with Crippen LogP contribution in [0.5, 0.6) is 5.75 Å². The molecule has 0 saturated heterocycles. The first-order valence-electron chi connectivity index (χ1n) is 11.7. The number of rotatable bonds is 5. The van der Waals surface area contributed by atoms with Gasteiger partial charge in [-0.15, -0.1) is 0 Å². The maximum Gasteiger partial charge on any atom is 0.123 e. The Bertz CT molecular complexity index is 1080. The van der Waals surface area contributed by atoms with Crippen LogP contribution in [0.4, 0.5) is 4.39 Å². The van der Waals surface area contributed by atoms with Crippen molar-refractivity contribution in [2.45, 2.75) is 70.4 Å². The summed E-state index contributed by atoms with van der Waals surface area (Å²) in [5, 5.41) is 3.52. The van der Waals surface area contributed by atoms with Crippen LogP contribution in [0.15, 0.2) is 30.3 Å². The highest BCUT2D eigenvalue weighted by Crippen LogP contribution is 2.37. The first kappa shape index (κ1) is 20.5. The van der Waals surface area contributed by atoms with Crippen LogP contribution in [-0.4, -0.2) is 23.2 Å². The molecule has 2 heterocycles. The molecule has 1 aliphatic heterocycles. The Hall–Kier alpha value is -2.40. The summed E-state index contributed by atoms with van der Waals surface area (Å²) in [7, 11) is 1.66. The van der Waals surface area contributed by atoms with Gasteiger partial charge in [0.2, 0.25) is 0 Å². The molecule has 1 atom stereocenters. The summed E-state index contributed by atoms with van der Waals surface area (Å²) in [5.74, 6) is 2.37. The third-order valence-corrected chi connectivity index (χ3v) is 7.17. The second-order valence-corrected chi connectivity index (χ2v) is 9.20. The van der Waals surface area contributed by atoms with Crippen LogP contribution in [0.2, 0.25) is 0 Å². The first-order chi connectivity index (χ1) is 15.2. The lowest BCUT2D eigenvalue weighted by Crippen LogP contribution is -2.23. The van der Waals surface area contributed by atoms with Gasteiger partial charge in [0.25, 0.3) is 0 Å². The average Bonchev–Trinajstić information content (AvgIpc) is 3.18. The molecule has 3 aromatic rings. The molecule has 1 N–H and O–H groups in total. The van der Waals surface area contributed by atoms with E-state index in [9.17, 15) is 4.39 Å². The quantitative estimate of drug-likeness (QED) is 0.576. The lowest BCUT2D eigenvalue weighted by Gasteiger charge is -2.24. The van der Waals surface area contributed by atoms with Crippen molar-refractivity contribution in [3.63, 3.8) is 0 Å². The van der Waals surface area contributed by atoms with Gasteiger partial charge >= 0.3 is 0 Å². The number of hydrogen-bond donors (Lipinski definition) is 1. The summed E-state index contributed by atoms with van der Waals surface area (Å²) in [6.45, 7) is 4.86. The van der Waals surface area contributed by atoms with Crippen molar-refractivity contribution in [3.05, 3.63) is 58.7 Å². The number of hydrogen-bond acceptors (Lipinski definition) is 3. The minimum atomic E-state index is -0.217. The molecule has 1 unspecified atom stereocenters. The molecule has 1 aromatic heterocycles. The van der Waals surface area contributed by atoms with Gasteiger partial charge in [-0.2, -0.15) is 0 Å². The van der Waals surface area contributed by atoms with Crippen molar-refractivity contribution in [1.82, 2.24) is 14.9 Å². The van der Waals surface area contributed by atoms with E-state index in [0.717, 1.165) is 42.9 Å². The van der Waals surface area contributed by atoms with Crippen LogP contribution in [-0.2, 0) is 19.5 Å². The molecule has 1 fully saturated rings. The normalized spacial score (nSPS) is 18.2. The van der Waals surface area contributed by atoms with E-state index >= 15 is 0 Å². The Balaban J connectivity index is 1.60. The minimum absolute atomic E-state index is 0.111. The molecule has 0 amide bonds. The van der Waals surface area contributed by atoms with Gasteiger partial charge in [-0.05, 0) is 61.2 Å². The highest BCUT2D eigenvalue weighted by molar-refractivity contribution is 5.81. The van der Waals surface area contributed by atoms with E-state index in [4.69, 9.17) is 9.72 Å². The third-order valence-electron chi connectivity index (χ3n) is 7.17. The Morgan fingerprint density at radius 2 is 2.03 bits per heavy atom. The summed E-state index contributed by atoms with van der Waals surface area (Å²) < 4.78 is 22.0. The number of benzene rings is 2. The molecule has 0 bridgehead atoms.